The van der Waals surface area contributed by atoms with Crippen molar-refractivity contribution in [2.24, 2.45) is 0 Å². The van der Waals surface area contributed by atoms with Gasteiger partial charge in [-0.2, -0.15) is 0 Å². The van der Waals surface area contributed by atoms with Crippen molar-refractivity contribution < 1.29 is 9.21 Å². The molecule has 1 atom stereocenters. The van der Waals surface area contributed by atoms with Crippen LogP contribution in [0.2, 0.25) is 0 Å². The van der Waals surface area contributed by atoms with Gasteiger partial charge in [0.25, 0.3) is 0 Å². The van der Waals surface area contributed by atoms with E-state index in [1.807, 2.05) is 25.8 Å². The molecule has 7 heteroatoms. The number of piperidine rings is 1. The number of carbonyl (C=O) groups is 1. The number of nitrogens with zero attached hydrogens (tertiary/aromatic N) is 3. The highest BCUT2D eigenvalue weighted by Crippen LogP contribution is 2.14. The van der Waals surface area contributed by atoms with Gasteiger partial charge < -0.3 is 9.73 Å². The fourth-order valence-electron chi connectivity index (χ4n) is 2.44. The predicted octanol–water partition coefficient (Wildman–Crippen LogP) is 1.21. The van der Waals surface area contributed by atoms with Crippen LogP contribution in [0.1, 0.15) is 44.9 Å². The van der Waals surface area contributed by atoms with Gasteiger partial charge in [-0.15, -0.1) is 5.10 Å². The van der Waals surface area contributed by atoms with E-state index in [0.717, 1.165) is 13.1 Å². The molecule has 1 saturated heterocycles. The Hall–Kier alpha value is -1.47. The molecular formula is C14H25N5O2. The number of aromatic nitrogens is 2. The van der Waals surface area contributed by atoms with Gasteiger partial charge in [0, 0.05) is 18.5 Å². The SMILES string of the molecule is CC(C)c1nnc(NC(=O)CN(C)CC2CCCCN2)o1. The Morgan fingerprint density at radius 2 is 2.29 bits per heavy atom. The second-order valence-electron chi connectivity index (χ2n) is 5.99. The first-order chi connectivity index (χ1) is 10.0. The zero-order valence-electron chi connectivity index (χ0n) is 13.1. The van der Waals surface area contributed by atoms with E-state index in [0.29, 0.717) is 18.5 Å². The van der Waals surface area contributed by atoms with Crippen LogP contribution in [-0.4, -0.2) is 53.7 Å². The average molecular weight is 295 g/mol. The molecule has 1 aromatic rings. The summed E-state index contributed by atoms with van der Waals surface area (Å²) in [7, 11) is 1.95. The van der Waals surface area contributed by atoms with Crippen molar-refractivity contribution in [1.29, 1.82) is 0 Å². The Kier molecular flexibility index (Phi) is 5.69. The summed E-state index contributed by atoms with van der Waals surface area (Å²) in [6.07, 6.45) is 3.68. The van der Waals surface area contributed by atoms with Crippen molar-refractivity contribution in [3.05, 3.63) is 5.89 Å². The zero-order valence-corrected chi connectivity index (χ0v) is 13.1. The average Bonchev–Trinajstić information content (AvgIpc) is 2.88. The molecular weight excluding hydrogens is 270 g/mol. The zero-order chi connectivity index (χ0) is 15.2. The van der Waals surface area contributed by atoms with Crippen LogP contribution >= 0.6 is 0 Å². The lowest BCUT2D eigenvalue weighted by Crippen LogP contribution is -2.44. The number of anilines is 1. The van der Waals surface area contributed by atoms with Crippen LogP contribution in [0.3, 0.4) is 0 Å². The van der Waals surface area contributed by atoms with E-state index >= 15 is 0 Å². The molecule has 0 spiro atoms. The van der Waals surface area contributed by atoms with Crippen molar-refractivity contribution in [3.63, 3.8) is 0 Å². The summed E-state index contributed by atoms with van der Waals surface area (Å²) in [6, 6.07) is 0.653. The van der Waals surface area contributed by atoms with Gasteiger partial charge >= 0.3 is 6.01 Å². The van der Waals surface area contributed by atoms with Gasteiger partial charge in [0.1, 0.15) is 0 Å². The molecule has 0 radical (unpaired) electrons. The minimum Gasteiger partial charge on any atom is -0.408 e. The first-order valence-electron chi connectivity index (χ1n) is 7.59. The molecule has 1 unspecified atom stereocenters. The largest absolute Gasteiger partial charge is 0.408 e. The maximum atomic E-state index is 11.9. The molecule has 1 aliphatic rings. The fourth-order valence-corrected chi connectivity index (χ4v) is 2.44. The van der Waals surface area contributed by atoms with Crippen molar-refractivity contribution in [2.75, 3.05) is 32.0 Å². The smallest absolute Gasteiger partial charge is 0.322 e. The summed E-state index contributed by atoms with van der Waals surface area (Å²) in [5.41, 5.74) is 0. The number of rotatable bonds is 6. The monoisotopic (exact) mass is 295 g/mol. The Morgan fingerprint density at radius 3 is 2.90 bits per heavy atom. The van der Waals surface area contributed by atoms with Gasteiger partial charge in [0.05, 0.1) is 6.54 Å². The number of hydrogen-bond acceptors (Lipinski definition) is 6. The highest BCUT2D eigenvalue weighted by molar-refractivity contribution is 5.90. The highest BCUT2D eigenvalue weighted by atomic mass is 16.4. The van der Waals surface area contributed by atoms with Crippen LogP contribution in [-0.2, 0) is 4.79 Å². The molecule has 0 aliphatic carbocycles. The summed E-state index contributed by atoms with van der Waals surface area (Å²) in [6.45, 7) is 6.19. The van der Waals surface area contributed by atoms with Crippen molar-refractivity contribution in [3.8, 4) is 0 Å². The molecule has 2 N–H and O–H groups in total. The summed E-state index contributed by atoms with van der Waals surface area (Å²) in [5, 5.41) is 13.8. The van der Waals surface area contributed by atoms with E-state index in [1.165, 1.54) is 19.3 Å². The maximum absolute atomic E-state index is 11.9. The topological polar surface area (TPSA) is 83.3 Å². The molecule has 0 saturated carbocycles. The highest BCUT2D eigenvalue weighted by Gasteiger charge is 2.17. The van der Waals surface area contributed by atoms with E-state index in [1.54, 1.807) is 0 Å². The van der Waals surface area contributed by atoms with Crippen molar-refractivity contribution >= 4 is 11.9 Å². The van der Waals surface area contributed by atoms with Gasteiger partial charge in [0.15, 0.2) is 0 Å². The number of likely N-dealkylation sites (N-methyl/N-ethyl adjacent to an activating group) is 1. The van der Waals surface area contributed by atoms with Crippen LogP contribution in [0.5, 0.6) is 0 Å². The van der Waals surface area contributed by atoms with Crippen LogP contribution in [0.15, 0.2) is 4.42 Å². The molecule has 2 heterocycles. The predicted molar refractivity (Wildman–Crippen MR) is 80.2 cm³/mol. The summed E-state index contributed by atoms with van der Waals surface area (Å²) in [5.74, 6) is 0.556. The first kappa shape index (κ1) is 15.9. The molecule has 0 bridgehead atoms. The Labute approximate surface area is 125 Å². The summed E-state index contributed by atoms with van der Waals surface area (Å²) >= 11 is 0. The first-order valence-corrected chi connectivity index (χ1v) is 7.59. The molecule has 2 rings (SSSR count). The number of hydrogen-bond donors (Lipinski definition) is 2. The van der Waals surface area contributed by atoms with Crippen LogP contribution in [0, 0.1) is 0 Å². The van der Waals surface area contributed by atoms with E-state index in [4.69, 9.17) is 4.42 Å². The van der Waals surface area contributed by atoms with Crippen molar-refractivity contribution in [1.82, 2.24) is 20.4 Å². The second-order valence-corrected chi connectivity index (χ2v) is 5.99. The molecule has 1 aliphatic heterocycles. The third-order valence-electron chi connectivity index (χ3n) is 3.54. The second kappa shape index (κ2) is 7.51. The molecule has 1 amide bonds. The fraction of sp³-hybridized carbons (Fsp3) is 0.786. The van der Waals surface area contributed by atoms with Crippen LogP contribution in [0.4, 0.5) is 6.01 Å². The number of amides is 1. The lowest BCUT2D eigenvalue weighted by molar-refractivity contribution is -0.117. The van der Waals surface area contributed by atoms with E-state index in [2.05, 4.69) is 20.8 Å². The van der Waals surface area contributed by atoms with E-state index in [9.17, 15) is 4.79 Å². The molecule has 1 aromatic heterocycles. The van der Waals surface area contributed by atoms with Gasteiger partial charge in [-0.3, -0.25) is 15.0 Å². The minimum absolute atomic E-state index is 0.132. The third kappa shape index (κ3) is 5.09. The van der Waals surface area contributed by atoms with Gasteiger partial charge in [0.2, 0.25) is 11.8 Å². The minimum atomic E-state index is -0.132. The van der Waals surface area contributed by atoms with Gasteiger partial charge in [-0.05, 0) is 26.4 Å². The van der Waals surface area contributed by atoms with Gasteiger partial charge in [-0.1, -0.05) is 25.4 Å². The number of nitrogens with one attached hydrogen (secondary N) is 2. The molecule has 21 heavy (non-hydrogen) atoms. The molecule has 0 aromatic carbocycles. The van der Waals surface area contributed by atoms with E-state index < -0.39 is 0 Å². The Bertz CT molecular complexity index is 454. The van der Waals surface area contributed by atoms with Crippen LogP contribution < -0.4 is 10.6 Å². The van der Waals surface area contributed by atoms with Crippen LogP contribution in [0.25, 0.3) is 0 Å². The quantitative estimate of drug-likeness (QED) is 0.820. The lowest BCUT2D eigenvalue weighted by atomic mass is 10.0. The molecule has 118 valence electrons. The summed E-state index contributed by atoms with van der Waals surface area (Å²) in [4.78, 5) is 14.0. The van der Waals surface area contributed by atoms with Crippen molar-refractivity contribution in [2.45, 2.75) is 45.1 Å². The Morgan fingerprint density at radius 1 is 1.48 bits per heavy atom. The standard InChI is InChI=1S/C14H25N5O2/c1-10(2)13-17-18-14(21-13)16-12(20)9-19(3)8-11-6-4-5-7-15-11/h10-11,15H,4-9H2,1-3H3,(H,16,18,20). The molecule has 1 fully saturated rings. The molecule has 7 nitrogen and oxygen atoms in total. The maximum Gasteiger partial charge on any atom is 0.322 e. The van der Waals surface area contributed by atoms with E-state index in [-0.39, 0.29) is 17.8 Å². The van der Waals surface area contributed by atoms with Gasteiger partial charge in [-0.25, -0.2) is 0 Å². The Balaban J connectivity index is 1.74. The normalized spacial score (nSPS) is 19.2. The number of carbonyl (C=O) groups excluding carboxylic acids is 1. The third-order valence-corrected chi connectivity index (χ3v) is 3.54. The lowest BCUT2D eigenvalue weighted by Gasteiger charge is -2.27. The summed E-state index contributed by atoms with van der Waals surface area (Å²) < 4.78 is 5.36.